The van der Waals surface area contributed by atoms with Crippen LogP contribution < -0.4 is 10.6 Å². The van der Waals surface area contributed by atoms with Gasteiger partial charge in [0.25, 0.3) is 0 Å². The second kappa shape index (κ2) is 6.04. The first-order chi connectivity index (χ1) is 7.84. The second-order valence-corrected chi connectivity index (χ2v) is 4.88. The highest BCUT2D eigenvalue weighted by atomic mass is 16.1. The topological polar surface area (TPSA) is 41.1 Å². The van der Waals surface area contributed by atoms with Crippen molar-refractivity contribution < 1.29 is 4.79 Å². The van der Waals surface area contributed by atoms with Crippen LogP contribution in [-0.2, 0) is 4.79 Å². The number of carbonyl (C=O) groups is 1. The number of amides is 1. The molecule has 0 unspecified atom stereocenters. The van der Waals surface area contributed by atoms with Gasteiger partial charge >= 0.3 is 0 Å². The van der Waals surface area contributed by atoms with Crippen molar-refractivity contribution in [2.75, 3.05) is 13.1 Å². The lowest BCUT2D eigenvalue weighted by Gasteiger charge is -2.15. The summed E-state index contributed by atoms with van der Waals surface area (Å²) in [6.07, 6.45) is 9.88. The molecule has 2 N–H and O–H groups in total. The van der Waals surface area contributed by atoms with E-state index in [1.54, 1.807) is 0 Å². The molecular formula is C13H22N2O. The van der Waals surface area contributed by atoms with Gasteiger partial charge < -0.3 is 10.6 Å². The molecule has 0 bridgehead atoms. The fourth-order valence-corrected chi connectivity index (χ4v) is 2.53. The summed E-state index contributed by atoms with van der Waals surface area (Å²) in [7, 11) is 0. The molecule has 2 aliphatic rings. The van der Waals surface area contributed by atoms with Gasteiger partial charge in [-0.3, -0.25) is 4.79 Å². The lowest BCUT2D eigenvalue weighted by atomic mass is 10.1. The first kappa shape index (κ1) is 11.6. The third-order valence-corrected chi connectivity index (χ3v) is 3.50. The number of nitrogens with one attached hydrogen (secondary N) is 2. The Morgan fingerprint density at radius 3 is 2.94 bits per heavy atom. The molecule has 0 spiro atoms. The molecule has 1 aliphatic carbocycles. The fourth-order valence-electron chi connectivity index (χ4n) is 2.53. The molecule has 90 valence electrons. The average molecular weight is 222 g/mol. The van der Waals surface area contributed by atoms with E-state index in [-0.39, 0.29) is 5.91 Å². The molecule has 2 rings (SSSR count). The van der Waals surface area contributed by atoms with Gasteiger partial charge in [0.2, 0.25) is 5.91 Å². The summed E-state index contributed by atoms with van der Waals surface area (Å²) in [4.78, 5) is 11.7. The van der Waals surface area contributed by atoms with Crippen LogP contribution in [0.1, 0.15) is 44.9 Å². The van der Waals surface area contributed by atoms with Gasteiger partial charge in [0.1, 0.15) is 0 Å². The van der Waals surface area contributed by atoms with Crippen LogP contribution in [0.25, 0.3) is 0 Å². The Balaban J connectivity index is 1.64. The van der Waals surface area contributed by atoms with E-state index in [9.17, 15) is 4.79 Å². The maximum absolute atomic E-state index is 11.7. The molecule has 1 amide bonds. The summed E-state index contributed by atoms with van der Waals surface area (Å²) in [6.45, 7) is 2.05. The first-order valence-corrected chi connectivity index (χ1v) is 6.52. The summed E-state index contributed by atoms with van der Waals surface area (Å²) in [5, 5.41) is 6.46. The van der Waals surface area contributed by atoms with Crippen LogP contribution in [0.15, 0.2) is 11.6 Å². The van der Waals surface area contributed by atoms with Gasteiger partial charge in [-0.1, -0.05) is 24.5 Å². The molecule has 1 fully saturated rings. The molecule has 1 aliphatic heterocycles. The Hall–Kier alpha value is -0.830. The number of carbonyl (C=O) groups excluding carboxylic acids is 1. The fraction of sp³-hybridized carbons (Fsp3) is 0.769. The van der Waals surface area contributed by atoms with E-state index in [1.165, 1.54) is 31.3 Å². The van der Waals surface area contributed by atoms with Crippen LogP contribution in [0.4, 0.5) is 0 Å². The zero-order chi connectivity index (χ0) is 11.2. The largest absolute Gasteiger partial charge is 0.353 e. The predicted molar refractivity (Wildman–Crippen MR) is 65.2 cm³/mol. The maximum Gasteiger partial charge on any atom is 0.220 e. The van der Waals surface area contributed by atoms with Crippen molar-refractivity contribution in [3.63, 3.8) is 0 Å². The van der Waals surface area contributed by atoms with E-state index in [0.717, 1.165) is 25.9 Å². The van der Waals surface area contributed by atoms with Crippen molar-refractivity contribution in [1.29, 1.82) is 0 Å². The highest BCUT2D eigenvalue weighted by Gasteiger charge is 2.17. The molecule has 0 aromatic carbocycles. The highest BCUT2D eigenvalue weighted by Crippen LogP contribution is 2.18. The molecule has 16 heavy (non-hydrogen) atoms. The molecule has 1 saturated carbocycles. The normalized spacial score (nSPS) is 21.9. The van der Waals surface area contributed by atoms with Gasteiger partial charge in [-0.2, -0.15) is 0 Å². The quantitative estimate of drug-likeness (QED) is 0.711. The second-order valence-electron chi connectivity index (χ2n) is 4.88. The number of hydrogen-bond acceptors (Lipinski definition) is 2. The smallest absolute Gasteiger partial charge is 0.220 e. The van der Waals surface area contributed by atoms with Gasteiger partial charge in [-0.25, -0.2) is 0 Å². The van der Waals surface area contributed by atoms with Crippen LogP contribution >= 0.6 is 0 Å². The molecule has 0 radical (unpaired) electrons. The van der Waals surface area contributed by atoms with Crippen LogP contribution in [0.5, 0.6) is 0 Å². The molecule has 3 heteroatoms. The Bertz CT molecular complexity index is 267. The van der Waals surface area contributed by atoms with Gasteiger partial charge in [-0.15, -0.1) is 0 Å². The molecule has 0 saturated heterocycles. The van der Waals surface area contributed by atoms with Crippen LogP contribution in [0, 0.1) is 0 Å². The minimum atomic E-state index is 0.235. The summed E-state index contributed by atoms with van der Waals surface area (Å²) in [5.74, 6) is 0.235. The number of hydrogen-bond donors (Lipinski definition) is 2. The zero-order valence-electron chi connectivity index (χ0n) is 9.93. The maximum atomic E-state index is 11.7. The van der Waals surface area contributed by atoms with E-state index in [1.807, 2.05) is 0 Å². The van der Waals surface area contributed by atoms with Crippen LogP contribution in [0.2, 0.25) is 0 Å². The Labute approximate surface area is 97.7 Å². The van der Waals surface area contributed by atoms with Gasteiger partial charge in [0.05, 0.1) is 0 Å². The molecule has 0 atom stereocenters. The SMILES string of the molecule is O=C(CCC1=CCCNC1)NC1CCCC1. The minimum Gasteiger partial charge on any atom is -0.353 e. The Kier molecular flexibility index (Phi) is 4.40. The predicted octanol–water partition coefficient (Wildman–Crippen LogP) is 1.75. The summed E-state index contributed by atoms with van der Waals surface area (Å²) >= 11 is 0. The van der Waals surface area contributed by atoms with Crippen molar-refractivity contribution in [2.45, 2.75) is 51.0 Å². The van der Waals surface area contributed by atoms with Crippen LogP contribution in [-0.4, -0.2) is 25.0 Å². The summed E-state index contributed by atoms with van der Waals surface area (Å²) in [6, 6.07) is 0.464. The van der Waals surface area contributed by atoms with E-state index in [4.69, 9.17) is 0 Å². The molecular weight excluding hydrogens is 200 g/mol. The Morgan fingerprint density at radius 2 is 2.25 bits per heavy atom. The minimum absolute atomic E-state index is 0.235. The first-order valence-electron chi connectivity index (χ1n) is 6.52. The van der Waals surface area contributed by atoms with Crippen molar-refractivity contribution in [2.24, 2.45) is 0 Å². The van der Waals surface area contributed by atoms with Crippen molar-refractivity contribution in [1.82, 2.24) is 10.6 Å². The molecule has 0 aromatic rings. The Morgan fingerprint density at radius 1 is 1.44 bits per heavy atom. The number of rotatable bonds is 4. The summed E-state index contributed by atoms with van der Waals surface area (Å²) in [5.41, 5.74) is 1.40. The van der Waals surface area contributed by atoms with Crippen LogP contribution in [0.3, 0.4) is 0 Å². The van der Waals surface area contributed by atoms with E-state index in [0.29, 0.717) is 12.5 Å². The van der Waals surface area contributed by atoms with E-state index >= 15 is 0 Å². The van der Waals surface area contributed by atoms with E-state index in [2.05, 4.69) is 16.7 Å². The lowest BCUT2D eigenvalue weighted by Crippen LogP contribution is -2.32. The average Bonchev–Trinajstić information content (AvgIpc) is 2.81. The van der Waals surface area contributed by atoms with Crippen molar-refractivity contribution in [3.8, 4) is 0 Å². The molecule has 3 nitrogen and oxygen atoms in total. The zero-order valence-corrected chi connectivity index (χ0v) is 9.93. The van der Waals surface area contributed by atoms with Gasteiger partial charge in [-0.05, 0) is 32.2 Å². The van der Waals surface area contributed by atoms with E-state index < -0.39 is 0 Å². The monoisotopic (exact) mass is 222 g/mol. The highest BCUT2D eigenvalue weighted by molar-refractivity contribution is 5.76. The molecule has 0 aromatic heterocycles. The van der Waals surface area contributed by atoms with Crippen molar-refractivity contribution >= 4 is 5.91 Å². The third kappa shape index (κ3) is 3.63. The lowest BCUT2D eigenvalue weighted by molar-refractivity contribution is -0.121. The summed E-state index contributed by atoms with van der Waals surface area (Å²) < 4.78 is 0. The third-order valence-electron chi connectivity index (χ3n) is 3.50. The van der Waals surface area contributed by atoms with Gasteiger partial charge in [0, 0.05) is 19.0 Å². The van der Waals surface area contributed by atoms with Crippen molar-refractivity contribution in [3.05, 3.63) is 11.6 Å². The standard InChI is InChI=1S/C13H22N2O/c16-13(15-12-5-1-2-6-12)8-7-11-4-3-9-14-10-11/h4,12,14H,1-3,5-10H2,(H,15,16). The molecule has 1 heterocycles. The van der Waals surface area contributed by atoms with Gasteiger partial charge in [0.15, 0.2) is 0 Å².